The average Bonchev–Trinajstić information content (AvgIpc) is 2.92. The van der Waals surface area contributed by atoms with Gasteiger partial charge in [0.2, 0.25) is 11.7 Å². The summed E-state index contributed by atoms with van der Waals surface area (Å²) in [6, 6.07) is -0.458. The zero-order chi connectivity index (χ0) is 17.4. The number of halogens is 3. The fraction of sp³-hybridized carbons (Fsp3) is 0.727. The van der Waals surface area contributed by atoms with Crippen molar-refractivity contribution in [1.29, 1.82) is 0 Å². The smallest absolute Gasteiger partial charge is 0.351 e. The van der Waals surface area contributed by atoms with Crippen LogP contribution in [0.15, 0.2) is 5.16 Å². The van der Waals surface area contributed by atoms with Crippen molar-refractivity contribution in [2.24, 2.45) is 7.05 Å². The SMILES string of the molecule is C[C@@H](Sc1nnc(C(F)(F)F)n1C)C(=O)N[C@H]1CCS(=O)(=O)C1. The van der Waals surface area contributed by atoms with Crippen molar-refractivity contribution >= 4 is 27.5 Å². The Balaban J connectivity index is 1.98. The summed E-state index contributed by atoms with van der Waals surface area (Å²) in [7, 11) is -1.95. The molecule has 1 amide bonds. The molecule has 0 radical (unpaired) electrons. The summed E-state index contributed by atoms with van der Waals surface area (Å²) in [5.74, 6) is -1.68. The summed E-state index contributed by atoms with van der Waals surface area (Å²) in [6.07, 6.45) is -4.28. The lowest BCUT2D eigenvalue weighted by atomic mass is 10.2. The molecule has 0 spiro atoms. The molecule has 1 saturated heterocycles. The molecule has 0 unspecified atom stereocenters. The van der Waals surface area contributed by atoms with Crippen LogP contribution >= 0.6 is 11.8 Å². The third-order valence-corrected chi connectivity index (χ3v) is 6.22. The van der Waals surface area contributed by atoms with E-state index in [-0.39, 0.29) is 16.7 Å². The van der Waals surface area contributed by atoms with Crippen molar-refractivity contribution in [2.45, 2.75) is 36.0 Å². The van der Waals surface area contributed by atoms with E-state index in [1.165, 1.54) is 14.0 Å². The van der Waals surface area contributed by atoms with Gasteiger partial charge in [0.1, 0.15) is 0 Å². The third kappa shape index (κ3) is 4.37. The lowest BCUT2D eigenvalue weighted by Crippen LogP contribution is -2.40. The average molecular weight is 372 g/mol. The van der Waals surface area contributed by atoms with Gasteiger partial charge in [0.05, 0.1) is 16.8 Å². The molecule has 0 saturated carbocycles. The van der Waals surface area contributed by atoms with Gasteiger partial charge in [-0.3, -0.25) is 4.79 Å². The van der Waals surface area contributed by atoms with E-state index in [1.807, 2.05) is 0 Å². The number of carbonyl (C=O) groups is 1. The predicted octanol–water partition coefficient (Wildman–Crippen LogP) is 0.618. The Morgan fingerprint density at radius 2 is 2.09 bits per heavy atom. The summed E-state index contributed by atoms with van der Waals surface area (Å²) in [6.45, 7) is 1.51. The molecule has 0 bridgehead atoms. The topological polar surface area (TPSA) is 93.9 Å². The van der Waals surface area contributed by atoms with E-state index in [1.54, 1.807) is 0 Å². The van der Waals surface area contributed by atoms with Crippen LogP contribution in [-0.2, 0) is 27.9 Å². The Bertz CT molecular complexity index is 702. The molecular weight excluding hydrogens is 357 g/mol. The number of hydrogen-bond acceptors (Lipinski definition) is 6. The maximum atomic E-state index is 12.6. The molecule has 2 atom stereocenters. The highest BCUT2D eigenvalue weighted by molar-refractivity contribution is 8.00. The van der Waals surface area contributed by atoms with Gasteiger partial charge in [0, 0.05) is 13.1 Å². The minimum atomic E-state index is -4.62. The van der Waals surface area contributed by atoms with Crippen LogP contribution in [0.4, 0.5) is 13.2 Å². The van der Waals surface area contributed by atoms with Gasteiger partial charge in [0.15, 0.2) is 15.0 Å². The van der Waals surface area contributed by atoms with Crippen LogP contribution in [0.3, 0.4) is 0 Å². The second kappa shape index (κ2) is 6.30. The monoisotopic (exact) mass is 372 g/mol. The van der Waals surface area contributed by atoms with Gasteiger partial charge in [-0.25, -0.2) is 8.42 Å². The number of aromatic nitrogens is 3. The van der Waals surface area contributed by atoms with Crippen molar-refractivity contribution in [3.05, 3.63) is 5.82 Å². The van der Waals surface area contributed by atoms with Gasteiger partial charge in [-0.1, -0.05) is 11.8 Å². The highest BCUT2D eigenvalue weighted by atomic mass is 32.2. The number of amides is 1. The molecule has 1 fully saturated rings. The number of rotatable bonds is 4. The van der Waals surface area contributed by atoms with Crippen molar-refractivity contribution in [3.63, 3.8) is 0 Å². The standard InChI is InChI=1S/C11H15F3N4O3S2/c1-6(8(19)15-7-3-4-23(20,21)5-7)22-10-17-16-9(18(10)2)11(12,13)14/h6-7H,3-5H2,1-2H3,(H,15,19)/t6-,7+/m1/s1. The van der Waals surface area contributed by atoms with E-state index in [2.05, 4.69) is 15.5 Å². The first-order chi connectivity index (χ1) is 10.5. The van der Waals surface area contributed by atoms with Crippen molar-refractivity contribution < 1.29 is 26.4 Å². The van der Waals surface area contributed by atoms with E-state index < -0.39 is 39.0 Å². The van der Waals surface area contributed by atoms with Gasteiger partial charge < -0.3 is 9.88 Å². The minimum Gasteiger partial charge on any atom is -0.351 e. The summed E-state index contributed by atoms with van der Waals surface area (Å²) < 4.78 is 61.4. The van der Waals surface area contributed by atoms with Gasteiger partial charge in [-0.15, -0.1) is 10.2 Å². The molecule has 7 nitrogen and oxygen atoms in total. The number of thioether (sulfide) groups is 1. The van der Waals surface area contributed by atoms with Gasteiger partial charge >= 0.3 is 6.18 Å². The number of nitrogens with zero attached hydrogens (tertiary/aromatic N) is 3. The number of hydrogen-bond donors (Lipinski definition) is 1. The fourth-order valence-electron chi connectivity index (χ4n) is 2.10. The van der Waals surface area contributed by atoms with Crippen LogP contribution in [0.1, 0.15) is 19.2 Å². The van der Waals surface area contributed by atoms with E-state index >= 15 is 0 Å². The zero-order valence-corrected chi connectivity index (χ0v) is 13.9. The minimum absolute atomic E-state index is 0.0255. The predicted molar refractivity (Wildman–Crippen MR) is 76.5 cm³/mol. The summed E-state index contributed by atoms with van der Waals surface area (Å²) in [5, 5.41) is 8.33. The Labute approximate surface area is 134 Å². The molecule has 0 aliphatic carbocycles. The molecule has 23 heavy (non-hydrogen) atoms. The van der Waals surface area contributed by atoms with Crippen LogP contribution in [-0.4, -0.2) is 51.9 Å². The number of alkyl halides is 3. The summed E-state index contributed by atoms with van der Waals surface area (Å²) in [5.41, 5.74) is 0. The Hall–Kier alpha value is -1.30. The van der Waals surface area contributed by atoms with Gasteiger partial charge in [0.25, 0.3) is 0 Å². The molecule has 1 aliphatic rings. The molecule has 12 heteroatoms. The number of sulfone groups is 1. The van der Waals surface area contributed by atoms with Crippen LogP contribution in [0.5, 0.6) is 0 Å². The van der Waals surface area contributed by atoms with Crippen LogP contribution in [0, 0.1) is 0 Å². The second-order valence-corrected chi connectivity index (χ2v) is 8.77. The molecule has 1 aromatic heterocycles. The van der Waals surface area contributed by atoms with Gasteiger partial charge in [-0.05, 0) is 13.3 Å². The van der Waals surface area contributed by atoms with E-state index in [0.29, 0.717) is 6.42 Å². The molecule has 1 N–H and O–H groups in total. The number of carbonyl (C=O) groups excluding carboxylic acids is 1. The first-order valence-electron chi connectivity index (χ1n) is 6.63. The molecule has 1 aromatic rings. The molecule has 1 aliphatic heterocycles. The van der Waals surface area contributed by atoms with Crippen molar-refractivity contribution in [2.75, 3.05) is 11.5 Å². The van der Waals surface area contributed by atoms with E-state index in [0.717, 1.165) is 16.3 Å². The van der Waals surface area contributed by atoms with Crippen LogP contribution < -0.4 is 5.32 Å². The van der Waals surface area contributed by atoms with E-state index in [4.69, 9.17) is 0 Å². The Kier molecular flexibility index (Phi) is 4.95. The molecule has 2 rings (SSSR count). The number of nitrogens with one attached hydrogen (secondary N) is 1. The second-order valence-electron chi connectivity index (χ2n) is 5.23. The van der Waals surface area contributed by atoms with Gasteiger partial charge in [-0.2, -0.15) is 13.2 Å². The quantitative estimate of drug-likeness (QED) is 0.779. The fourth-order valence-corrected chi connectivity index (χ4v) is 4.60. The first kappa shape index (κ1) is 18.0. The summed E-state index contributed by atoms with van der Waals surface area (Å²) in [4.78, 5) is 12.0. The molecule has 2 heterocycles. The van der Waals surface area contributed by atoms with Crippen molar-refractivity contribution in [1.82, 2.24) is 20.1 Å². The zero-order valence-electron chi connectivity index (χ0n) is 12.3. The molecule has 0 aromatic carbocycles. The van der Waals surface area contributed by atoms with Crippen molar-refractivity contribution in [3.8, 4) is 0 Å². The van der Waals surface area contributed by atoms with E-state index in [9.17, 15) is 26.4 Å². The molecular formula is C11H15F3N4O3S2. The normalized spacial score (nSPS) is 22.0. The first-order valence-corrected chi connectivity index (χ1v) is 9.34. The Morgan fingerprint density at radius 3 is 2.57 bits per heavy atom. The molecule has 130 valence electrons. The summed E-state index contributed by atoms with van der Waals surface area (Å²) >= 11 is 0.826. The van der Waals surface area contributed by atoms with Crippen LogP contribution in [0.2, 0.25) is 0 Å². The van der Waals surface area contributed by atoms with Crippen LogP contribution in [0.25, 0.3) is 0 Å². The maximum Gasteiger partial charge on any atom is 0.451 e. The largest absolute Gasteiger partial charge is 0.451 e. The highest BCUT2D eigenvalue weighted by Crippen LogP contribution is 2.30. The maximum absolute atomic E-state index is 12.6. The lowest BCUT2D eigenvalue weighted by molar-refractivity contribution is -0.147. The Morgan fingerprint density at radius 1 is 1.43 bits per heavy atom. The lowest BCUT2D eigenvalue weighted by Gasteiger charge is -2.15. The third-order valence-electron chi connectivity index (χ3n) is 3.32. The highest BCUT2D eigenvalue weighted by Gasteiger charge is 2.38.